The molecule has 2 atom stereocenters. The van der Waals surface area contributed by atoms with Crippen LogP contribution in [0.25, 0.3) is 0 Å². The summed E-state index contributed by atoms with van der Waals surface area (Å²) in [6, 6.07) is 6.04. The summed E-state index contributed by atoms with van der Waals surface area (Å²) in [5, 5.41) is 3.18. The Morgan fingerprint density at radius 3 is 2.78 bits per heavy atom. The van der Waals surface area contributed by atoms with Crippen LogP contribution >= 0.6 is 12.6 Å². The van der Waals surface area contributed by atoms with Gasteiger partial charge in [-0.3, -0.25) is 4.79 Å². The summed E-state index contributed by atoms with van der Waals surface area (Å²) < 4.78 is 0. The number of amides is 1. The Morgan fingerprint density at radius 1 is 1.33 bits per heavy atom. The summed E-state index contributed by atoms with van der Waals surface area (Å²) in [6.07, 6.45) is 4.84. The molecule has 1 aromatic carbocycles. The van der Waals surface area contributed by atoms with Crippen LogP contribution in [0.15, 0.2) is 23.1 Å². The van der Waals surface area contributed by atoms with Crippen LogP contribution in [0.3, 0.4) is 0 Å². The second kappa shape index (κ2) is 5.79. The van der Waals surface area contributed by atoms with Gasteiger partial charge in [0, 0.05) is 16.5 Å². The maximum Gasteiger partial charge on any atom is 0.251 e. The highest BCUT2D eigenvalue weighted by atomic mass is 32.1. The fourth-order valence-electron chi connectivity index (χ4n) is 2.63. The Bertz CT molecular complexity index is 444. The van der Waals surface area contributed by atoms with Crippen molar-refractivity contribution in [2.45, 2.75) is 50.5 Å². The number of aryl methyl sites for hydroxylation is 1. The molecule has 1 amide bonds. The Balaban J connectivity index is 2.09. The number of hydrogen-bond donors (Lipinski definition) is 2. The molecule has 2 unspecified atom stereocenters. The highest BCUT2D eigenvalue weighted by Gasteiger charge is 2.23. The third-order valence-corrected chi connectivity index (χ3v) is 4.17. The van der Waals surface area contributed by atoms with Crippen molar-refractivity contribution in [1.82, 2.24) is 5.32 Å². The second-order valence-electron chi connectivity index (χ2n) is 5.34. The molecule has 0 saturated heterocycles. The average molecular weight is 263 g/mol. The second-order valence-corrected chi connectivity index (χ2v) is 5.86. The molecule has 1 aliphatic rings. The number of rotatable bonds is 2. The van der Waals surface area contributed by atoms with Crippen LogP contribution in [0.5, 0.6) is 0 Å². The summed E-state index contributed by atoms with van der Waals surface area (Å²) >= 11 is 4.30. The third-order valence-electron chi connectivity index (χ3n) is 3.89. The van der Waals surface area contributed by atoms with Crippen LogP contribution in [0.4, 0.5) is 0 Å². The lowest BCUT2D eigenvalue weighted by atomic mass is 9.86. The summed E-state index contributed by atoms with van der Waals surface area (Å²) in [6.45, 7) is 4.19. The van der Waals surface area contributed by atoms with E-state index in [-0.39, 0.29) is 5.91 Å². The number of nitrogens with one attached hydrogen (secondary N) is 1. The highest BCUT2D eigenvalue weighted by molar-refractivity contribution is 7.80. The van der Waals surface area contributed by atoms with Gasteiger partial charge in [-0.05, 0) is 43.4 Å². The zero-order valence-corrected chi connectivity index (χ0v) is 12.0. The van der Waals surface area contributed by atoms with E-state index in [0.29, 0.717) is 12.0 Å². The molecule has 1 N–H and O–H groups in total. The molecule has 98 valence electrons. The van der Waals surface area contributed by atoms with Crippen molar-refractivity contribution in [3.05, 3.63) is 29.3 Å². The van der Waals surface area contributed by atoms with E-state index in [2.05, 4.69) is 24.9 Å². The third kappa shape index (κ3) is 3.08. The molecule has 1 fully saturated rings. The SMILES string of the molecule is Cc1ccc(S)cc1C(=O)NC1CCCCC1C. The summed E-state index contributed by atoms with van der Waals surface area (Å²) in [5.74, 6) is 0.629. The van der Waals surface area contributed by atoms with Gasteiger partial charge in [-0.1, -0.05) is 25.8 Å². The van der Waals surface area contributed by atoms with Gasteiger partial charge in [-0.15, -0.1) is 12.6 Å². The topological polar surface area (TPSA) is 29.1 Å². The first kappa shape index (κ1) is 13.5. The first-order valence-electron chi connectivity index (χ1n) is 6.68. The van der Waals surface area contributed by atoms with Crippen LogP contribution in [0, 0.1) is 12.8 Å². The molecule has 1 aliphatic carbocycles. The molecule has 0 bridgehead atoms. The van der Waals surface area contributed by atoms with Gasteiger partial charge in [0.05, 0.1) is 0 Å². The monoisotopic (exact) mass is 263 g/mol. The molecular formula is C15H21NOS. The molecule has 2 rings (SSSR count). The van der Waals surface area contributed by atoms with Crippen molar-refractivity contribution >= 4 is 18.5 Å². The van der Waals surface area contributed by atoms with Crippen molar-refractivity contribution < 1.29 is 4.79 Å². The molecule has 0 spiro atoms. The predicted octanol–water partition coefficient (Wildman–Crippen LogP) is 3.59. The van der Waals surface area contributed by atoms with E-state index < -0.39 is 0 Å². The number of carbonyl (C=O) groups is 1. The fraction of sp³-hybridized carbons (Fsp3) is 0.533. The maximum atomic E-state index is 12.3. The Hall–Kier alpha value is -0.960. The lowest BCUT2D eigenvalue weighted by molar-refractivity contribution is 0.0909. The summed E-state index contributed by atoms with van der Waals surface area (Å²) in [5.41, 5.74) is 1.76. The minimum atomic E-state index is 0.0437. The van der Waals surface area contributed by atoms with E-state index in [0.717, 1.165) is 22.4 Å². The van der Waals surface area contributed by atoms with Gasteiger partial charge in [0.25, 0.3) is 5.91 Å². The maximum absolute atomic E-state index is 12.3. The molecule has 0 aromatic heterocycles. The molecular weight excluding hydrogens is 242 g/mol. The molecule has 1 saturated carbocycles. The quantitative estimate of drug-likeness (QED) is 0.784. The van der Waals surface area contributed by atoms with Crippen molar-refractivity contribution in [3.63, 3.8) is 0 Å². The minimum Gasteiger partial charge on any atom is -0.349 e. The normalized spacial score (nSPS) is 23.7. The number of carbonyl (C=O) groups excluding carboxylic acids is 1. The van der Waals surface area contributed by atoms with E-state index in [1.807, 2.05) is 25.1 Å². The van der Waals surface area contributed by atoms with E-state index in [1.54, 1.807) is 0 Å². The highest BCUT2D eigenvalue weighted by Crippen LogP contribution is 2.24. The van der Waals surface area contributed by atoms with Gasteiger partial charge < -0.3 is 5.32 Å². The Labute approximate surface area is 115 Å². The van der Waals surface area contributed by atoms with Crippen molar-refractivity contribution in [1.29, 1.82) is 0 Å². The van der Waals surface area contributed by atoms with Gasteiger partial charge in [0.1, 0.15) is 0 Å². The Kier molecular flexibility index (Phi) is 4.33. The van der Waals surface area contributed by atoms with Gasteiger partial charge >= 0.3 is 0 Å². The number of thiol groups is 1. The molecule has 0 aliphatic heterocycles. The van der Waals surface area contributed by atoms with Crippen LogP contribution in [-0.4, -0.2) is 11.9 Å². The smallest absolute Gasteiger partial charge is 0.251 e. The number of hydrogen-bond acceptors (Lipinski definition) is 2. The number of benzene rings is 1. The van der Waals surface area contributed by atoms with Crippen LogP contribution < -0.4 is 5.32 Å². The average Bonchev–Trinajstić information content (AvgIpc) is 2.35. The Morgan fingerprint density at radius 2 is 2.06 bits per heavy atom. The van der Waals surface area contributed by atoms with Gasteiger partial charge in [-0.2, -0.15) is 0 Å². The summed E-state index contributed by atoms with van der Waals surface area (Å²) in [4.78, 5) is 13.1. The minimum absolute atomic E-state index is 0.0437. The fourth-order valence-corrected chi connectivity index (χ4v) is 2.84. The standard InChI is InChI=1S/C15H21NOS/c1-10-7-8-12(18)9-13(10)15(17)16-14-6-4-3-5-11(14)2/h7-9,11,14,18H,3-6H2,1-2H3,(H,16,17). The zero-order valence-electron chi connectivity index (χ0n) is 11.1. The molecule has 0 radical (unpaired) electrons. The van der Waals surface area contributed by atoms with E-state index in [9.17, 15) is 4.79 Å². The van der Waals surface area contributed by atoms with E-state index in [4.69, 9.17) is 0 Å². The first-order chi connectivity index (χ1) is 8.58. The van der Waals surface area contributed by atoms with Crippen molar-refractivity contribution in [3.8, 4) is 0 Å². The van der Waals surface area contributed by atoms with Gasteiger partial charge in [-0.25, -0.2) is 0 Å². The molecule has 18 heavy (non-hydrogen) atoms. The van der Waals surface area contributed by atoms with Gasteiger partial charge in [0.15, 0.2) is 0 Å². The zero-order chi connectivity index (χ0) is 13.1. The largest absolute Gasteiger partial charge is 0.349 e. The van der Waals surface area contributed by atoms with E-state index in [1.165, 1.54) is 19.3 Å². The van der Waals surface area contributed by atoms with Crippen LogP contribution in [-0.2, 0) is 0 Å². The molecule has 3 heteroatoms. The first-order valence-corrected chi connectivity index (χ1v) is 7.13. The van der Waals surface area contributed by atoms with Crippen LogP contribution in [0.2, 0.25) is 0 Å². The van der Waals surface area contributed by atoms with Gasteiger partial charge in [0.2, 0.25) is 0 Å². The molecule has 2 nitrogen and oxygen atoms in total. The lowest BCUT2D eigenvalue weighted by Gasteiger charge is -2.29. The predicted molar refractivity (Wildman–Crippen MR) is 77.3 cm³/mol. The van der Waals surface area contributed by atoms with Crippen LogP contribution in [0.1, 0.15) is 48.5 Å². The van der Waals surface area contributed by atoms with Crippen molar-refractivity contribution in [2.24, 2.45) is 5.92 Å². The lowest BCUT2D eigenvalue weighted by Crippen LogP contribution is -2.41. The molecule has 0 heterocycles. The molecule has 1 aromatic rings. The van der Waals surface area contributed by atoms with E-state index >= 15 is 0 Å². The van der Waals surface area contributed by atoms with Crippen molar-refractivity contribution in [2.75, 3.05) is 0 Å². The summed E-state index contributed by atoms with van der Waals surface area (Å²) in [7, 11) is 0.